The number of rotatable bonds is 4. The minimum absolute atomic E-state index is 0.00427. The van der Waals surface area contributed by atoms with Gasteiger partial charge in [0.2, 0.25) is 5.95 Å². The number of halogens is 3. The first-order chi connectivity index (χ1) is 16.8. The number of aromatic nitrogens is 2. The molecule has 184 valence electrons. The van der Waals surface area contributed by atoms with E-state index in [1.54, 1.807) is 0 Å². The number of anilines is 1. The molecule has 1 spiro atoms. The Balaban J connectivity index is 1.11. The largest absolute Gasteiger partial charge is 0.416 e. The Kier molecular flexibility index (Phi) is 6.35. The van der Waals surface area contributed by atoms with Crippen molar-refractivity contribution in [3.63, 3.8) is 0 Å². The number of para-hydroxylation sites is 1. The summed E-state index contributed by atoms with van der Waals surface area (Å²) < 4.78 is 44.8. The number of piperidine rings is 1. The zero-order chi connectivity index (χ0) is 24.5. The van der Waals surface area contributed by atoms with Crippen molar-refractivity contribution >= 4 is 22.8 Å². The van der Waals surface area contributed by atoms with Crippen molar-refractivity contribution in [2.45, 2.75) is 38.0 Å². The SMILES string of the molecule is O=C(NC[C@H]1CCC2(CCN(c3ncc4ccccc4n3)CC2)CO1)c1cccc(C(F)(F)F)c1. The second kappa shape index (κ2) is 9.45. The molecule has 9 heteroatoms. The number of hydrogen-bond acceptors (Lipinski definition) is 5. The maximum atomic E-state index is 12.9. The molecule has 1 atom stereocenters. The van der Waals surface area contributed by atoms with Gasteiger partial charge in [-0.2, -0.15) is 13.2 Å². The summed E-state index contributed by atoms with van der Waals surface area (Å²) in [5.74, 6) is 0.231. The third-order valence-electron chi connectivity index (χ3n) is 7.15. The quantitative estimate of drug-likeness (QED) is 0.574. The van der Waals surface area contributed by atoms with E-state index in [4.69, 9.17) is 9.72 Å². The van der Waals surface area contributed by atoms with Crippen LogP contribution in [0.4, 0.5) is 19.1 Å². The summed E-state index contributed by atoms with van der Waals surface area (Å²) in [4.78, 5) is 23.8. The number of ether oxygens (including phenoxy) is 1. The van der Waals surface area contributed by atoms with Gasteiger partial charge in [-0.3, -0.25) is 4.79 Å². The standard InChI is InChI=1S/C26H27F3N4O2/c27-26(28,29)20-6-3-5-18(14-20)23(34)30-16-21-8-9-25(17-35-21)10-12-33(13-11-25)24-31-15-19-4-1-2-7-22(19)32-24/h1-7,14-15,21H,8-13,16-17H2,(H,30,34)/t21-/m1/s1. The van der Waals surface area contributed by atoms with E-state index in [1.807, 2.05) is 30.5 Å². The van der Waals surface area contributed by atoms with Crippen LogP contribution in [0.1, 0.15) is 41.6 Å². The van der Waals surface area contributed by atoms with E-state index >= 15 is 0 Å². The van der Waals surface area contributed by atoms with Gasteiger partial charge in [-0.1, -0.05) is 24.3 Å². The molecule has 35 heavy (non-hydrogen) atoms. The lowest BCUT2D eigenvalue weighted by Gasteiger charge is -2.45. The number of carbonyl (C=O) groups excluding carboxylic acids is 1. The van der Waals surface area contributed by atoms with E-state index in [-0.39, 0.29) is 23.6 Å². The molecule has 2 aromatic carbocycles. The van der Waals surface area contributed by atoms with E-state index < -0.39 is 17.6 Å². The zero-order valence-corrected chi connectivity index (χ0v) is 19.2. The molecule has 0 aliphatic carbocycles. The molecule has 1 aromatic heterocycles. The van der Waals surface area contributed by atoms with Crippen LogP contribution in [-0.4, -0.2) is 48.2 Å². The third kappa shape index (κ3) is 5.24. The first kappa shape index (κ1) is 23.5. The summed E-state index contributed by atoms with van der Waals surface area (Å²) in [7, 11) is 0. The summed E-state index contributed by atoms with van der Waals surface area (Å²) >= 11 is 0. The summed E-state index contributed by atoms with van der Waals surface area (Å²) in [5, 5.41) is 3.75. The van der Waals surface area contributed by atoms with Crippen LogP contribution < -0.4 is 10.2 Å². The van der Waals surface area contributed by atoms with Crippen molar-refractivity contribution in [2.24, 2.45) is 5.41 Å². The Labute approximate surface area is 201 Å². The van der Waals surface area contributed by atoms with Crippen LogP contribution in [0.25, 0.3) is 10.9 Å². The van der Waals surface area contributed by atoms with E-state index in [9.17, 15) is 18.0 Å². The molecule has 0 saturated carbocycles. The van der Waals surface area contributed by atoms with Crippen molar-refractivity contribution < 1.29 is 22.7 Å². The average Bonchev–Trinajstić information content (AvgIpc) is 2.88. The van der Waals surface area contributed by atoms with E-state index in [2.05, 4.69) is 15.2 Å². The summed E-state index contributed by atoms with van der Waals surface area (Å²) in [6, 6.07) is 12.4. The molecule has 2 fully saturated rings. The molecule has 2 aliphatic heterocycles. The zero-order valence-electron chi connectivity index (χ0n) is 19.2. The van der Waals surface area contributed by atoms with Crippen molar-refractivity contribution in [1.29, 1.82) is 0 Å². The van der Waals surface area contributed by atoms with Crippen molar-refractivity contribution in [3.8, 4) is 0 Å². The number of benzene rings is 2. The van der Waals surface area contributed by atoms with Gasteiger partial charge in [-0.15, -0.1) is 0 Å². The minimum Gasteiger partial charge on any atom is -0.376 e. The Morgan fingerprint density at radius 3 is 2.66 bits per heavy atom. The minimum atomic E-state index is -4.48. The molecule has 2 aliphatic rings. The predicted molar refractivity (Wildman–Crippen MR) is 126 cm³/mol. The van der Waals surface area contributed by atoms with Gasteiger partial charge < -0.3 is 15.0 Å². The number of nitrogens with one attached hydrogen (secondary N) is 1. The summed E-state index contributed by atoms with van der Waals surface area (Å²) in [5.41, 5.74) is 0.208. The van der Waals surface area contributed by atoms with Crippen LogP contribution in [0.5, 0.6) is 0 Å². The van der Waals surface area contributed by atoms with E-state index in [0.717, 1.165) is 67.8 Å². The van der Waals surface area contributed by atoms with Crippen molar-refractivity contribution in [2.75, 3.05) is 31.1 Å². The maximum absolute atomic E-state index is 12.9. The fraction of sp³-hybridized carbons (Fsp3) is 0.423. The molecule has 1 amide bonds. The normalized spacial score (nSPS) is 20.2. The Bertz CT molecular complexity index is 1200. The third-order valence-corrected chi connectivity index (χ3v) is 7.15. The number of fused-ring (bicyclic) bond motifs is 1. The number of carbonyl (C=O) groups is 1. The smallest absolute Gasteiger partial charge is 0.376 e. The summed E-state index contributed by atoms with van der Waals surface area (Å²) in [6.45, 7) is 2.61. The molecule has 1 N–H and O–H groups in total. The molecule has 2 saturated heterocycles. The van der Waals surface area contributed by atoms with Crippen molar-refractivity contribution in [1.82, 2.24) is 15.3 Å². The molecule has 0 bridgehead atoms. The van der Waals surface area contributed by atoms with Gasteiger partial charge >= 0.3 is 6.18 Å². The fourth-order valence-electron chi connectivity index (χ4n) is 4.91. The van der Waals surface area contributed by atoms with Crippen LogP contribution in [0.2, 0.25) is 0 Å². The first-order valence-corrected chi connectivity index (χ1v) is 11.9. The van der Waals surface area contributed by atoms with Gasteiger partial charge in [-0.25, -0.2) is 9.97 Å². The molecular formula is C26H27F3N4O2. The van der Waals surface area contributed by atoms with E-state index in [1.165, 1.54) is 12.1 Å². The van der Waals surface area contributed by atoms with Crippen LogP contribution >= 0.6 is 0 Å². The topological polar surface area (TPSA) is 67.4 Å². The molecular weight excluding hydrogens is 457 g/mol. The lowest BCUT2D eigenvalue weighted by molar-refractivity contribution is -0.137. The Morgan fingerprint density at radius 1 is 1.11 bits per heavy atom. The van der Waals surface area contributed by atoms with Crippen LogP contribution in [0.15, 0.2) is 54.7 Å². The second-order valence-electron chi connectivity index (χ2n) is 9.48. The van der Waals surface area contributed by atoms with Crippen LogP contribution in [0.3, 0.4) is 0 Å². The number of amides is 1. The highest BCUT2D eigenvalue weighted by Gasteiger charge is 2.39. The van der Waals surface area contributed by atoms with Crippen LogP contribution in [0, 0.1) is 5.41 Å². The van der Waals surface area contributed by atoms with Gasteiger partial charge in [-0.05, 0) is 55.4 Å². The average molecular weight is 485 g/mol. The highest BCUT2D eigenvalue weighted by atomic mass is 19.4. The number of hydrogen-bond donors (Lipinski definition) is 1. The lowest BCUT2D eigenvalue weighted by atomic mass is 9.73. The second-order valence-corrected chi connectivity index (χ2v) is 9.48. The number of nitrogens with zero attached hydrogens (tertiary/aromatic N) is 3. The lowest BCUT2D eigenvalue weighted by Crippen LogP contribution is -2.48. The predicted octanol–water partition coefficient (Wildman–Crippen LogP) is 4.84. The molecule has 3 aromatic rings. The molecule has 5 rings (SSSR count). The highest BCUT2D eigenvalue weighted by molar-refractivity contribution is 5.94. The van der Waals surface area contributed by atoms with Gasteiger partial charge in [0, 0.05) is 36.8 Å². The molecule has 0 unspecified atom stereocenters. The Hall–Kier alpha value is -3.20. The van der Waals surface area contributed by atoms with Gasteiger partial charge in [0.25, 0.3) is 5.91 Å². The fourth-order valence-corrected chi connectivity index (χ4v) is 4.91. The molecule has 6 nitrogen and oxygen atoms in total. The maximum Gasteiger partial charge on any atom is 0.416 e. The van der Waals surface area contributed by atoms with Crippen LogP contribution in [-0.2, 0) is 10.9 Å². The summed E-state index contributed by atoms with van der Waals surface area (Å²) in [6.07, 6.45) is 0.992. The molecule has 0 radical (unpaired) electrons. The van der Waals surface area contributed by atoms with Gasteiger partial charge in [0.1, 0.15) is 0 Å². The molecule has 3 heterocycles. The number of alkyl halides is 3. The Morgan fingerprint density at radius 2 is 1.91 bits per heavy atom. The highest BCUT2D eigenvalue weighted by Crippen LogP contribution is 2.41. The van der Waals surface area contributed by atoms with Crippen molar-refractivity contribution in [3.05, 3.63) is 65.9 Å². The van der Waals surface area contributed by atoms with Gasteiger partial charge in [0.05, 0.1) is 23.8 Å². The van der Waals surface area contributed by atoms with Gasteiger partial charge in [0.15, 0.2) is 0 Å². The first-order valence-electron chi connectivity index (χ1n) is 11.9. The monoisotopic (exact) mass is 484 g/mol. The van der Waals surface area contributed by atoms with E-state index in [0.29, 0.717) is 6.61 Å².